The van der Waals surface area contributed by atoms with Gasteiger partial charge in [-0.3, -0.25) is 0 Å². The van der Waals surface area contributed by atoms with Gasteiger partial charge in [-0.2, -0.15) is 0 Å². The largest absolute Gasteiger partial charge is 0.508 e. The van der Waals surface area contributed by atoms with Crippen molar-refractivity contribution in [3.05, 3.63) is 38.8 Å². The van der Waals surface area contributed by atoms with E-state index in [2.05, 4.69) is 38.4 Å². The fraction of sp³-hybridized carbons (Fsp3) is 0.200. The van der Waals surface area contributed by atoms with Gasteiger partial charge in [0.15, 0.2) is 0 Å². The van der Waals surface area contributed by atoms with Crippen LogP contribution in [0, 0.1) is 6.92 Å². The van der Waals surface area contributed by atoms with Crippen LogP contribution < -0.4 is 0 Å². The van der Waals surface area contributed by atoms with Crippen molar-refractivity contribution in [3.63, 3.8) is 0 Å². The number of hydrogen-bond acceptors (Lipinski definition) is 1. The zero-order valence-electron chi connectivity index (χ0n) is 7.27. The summed E-state index contributed by atoms with van der Waals surface area (Å²) in [6.07, 6.45) is 2.44. The van der Waals surface area contributed by atoms with Gasteiger partial charge < -0.3 is 5.11 Å². The van der Waals surface area contributed by atoms with E-state index >= 15 is 0 Å². The second kappa shape index (κ2) is 4.29. The second-order valence-corrected chi connectivity index (χ2v) is 4.44. The average molecular weight is 306 g/mol. The molecule has 0 unspecified atom stereocenters. The van der Waals surface area contributed by atoms with Crippen molar-refractivity contribution in [3.8, 4) is 5.75 Å². The van der Waals surface area contributed by atoms with Crippen molar-refractivity contribution in [1.82, 2.24) is 0 Å². The van der Waals surface area contributed by atoms with Gasteiger partial charge in [-0.15, -0.1) is 6.58 Å². The van der Waals surface area contributed by atoms with Gasteiger partial charge in [-0.25, -0.2) is 0 Å². The highest BCUT2D eigenvalue weighted by atomic mass is 79.9. The SMILES string of the molecule is C=CCc1c(O)cc(Br)c(C)c1Br. The summed E-state index contributed by atoms with van der Waals surface area (Å²) in [6, 6.07) is 1.71. The van der Waals surface area contributed by atoms with Crippen molar-refractivity contribution >= 4 is 31.9 Å². The first-order valence-corrected chi connectivity index (χ1v) is 5.43. The molecule has 1 rings (SSSR count). The van der Waals surface area contributed by atoms with E-state index in [0.717, 1.165) is 20.1 Å². The molecule has 0 saturated carbocycles. The summed E-state index contributed by atoms with van der Waals surface area (Å²) in [6.45, 7) is 5.63. The predicted octanol–water partition coefficient (Wildman–Crippen LogP) is 3.95. The van der Waals surface area contributed by atoms with Crippen molar-refractivity contribution in [2.24, 2.45) is 0 Å². The monoisotopic (exact) mass is 304 g/mol. The lowest BCUT2D eigenvalue weighted by Gasteiger charge is -2.09. The Kier molecular flexibility index (Phi) is 3.56. The van der Waals surface area contributed by atoms with E-state index in [1.165, 1.54) is 0 Å². The smallest absolute Gasteiger partial charge is 0.121 e. The molecule has 0 radical (unpaired) electrons. The summed E-state index contributed by atoms with van der Waals surface area (Å²) < 4.78 is 1.85. The standard InChI is InChI=1S/C10H10Br2O/c1-3-4-7-9(13)5-8(11)6(2)10(7)12/h3,5,13H,1,4H2,2H3. The van der Waals surface area contributed by atoms with Crippen LogP contribution in [0.5, 0.6) is 5.75 Å². The third-order valence-electron chi connectivity index (χ3n) is 1.87. The van der Waals surface area contributed by atoms with E-state index in [0.29, 0.717) is 12.2 Å². The second-order valence-electron chi connectivity index (χ2n) is 2.79. The molecule has 0 aliphatic heterocycles. The van der Waals surface area contributed by atoms with Crippen LogP contribution in [0.2, 0.25) is 0 Å². The molecular weight excluding hydrogens is 296 g/mol. The van der Waals surface area contributed by atoms with Crippen LogP contribution >= 0.6 is 31.9 Å². The zero-order valence-corrected chi connectivity index (χ0v) is 10.4. The number of phenols is 1. The first-order valence-electron chi connectivity index (χ1n) is 3.85. The molecule has 1 nitrogen and oxygen atoms in total. The Bertz CT molecular complexity index is 345. The molecule has 0 aromatic heterocycles. The fourth-order valence-corrected chi connectivity index (χ4v) is 2.36. The van der Waals surface area contributed by atoms with Gasteiger partial charge in [0.25, 0.3) is 0 Å². The Balaban J connectivity index is 3.34. The van der Waals surface area contributed by atoms with E-state index in [-0.39, 0.29) is 0 Å². The number of aromatic hydroxyl groups is 1. The Morgan fingerprint density at radius 1 is 1.54 bits per heavy atom. The molecule has 1 aromatic rings. The number of allylic oxidation sites excluding steroid dienone is 1. The summed E-state index contributed by atoms with van der Waals surface area (Å²) in [7, 11) is 0. The molecule has 0 fully saturated rings. The quantitative estimate of drug-likeness (QED) is 0.820. The molecule has 0 bridgehead atoms. The van der Waals surface area contributed by atoms with E-state index in [1.807, 2.05) is 6.92 Å². The summed E-state index contributed by atoms with van der Waals surface area (Å²) in [5.74, 6) is 0.296. The Hall–Kier alpha value is -0.280. The molecule has 1 aromatic carbocycles. The Morgan fingerprint density at radius 2 is 2.15 bits per heavy atom. The highest BCUT2D eigenvalue weighted by molar-refractivity contribution is 9.11. The molecule has 0 atom stereocenters. The highest BCUT2D eigenvalue weighted by Crippen LogP contribution is 2.35. The van der Waals surface area contributed by atoms with Gasteiger partial charge in [0.2, 0.25) is 0 Å². The van der Waals surface area contributed by atoms with Gasteiger partial charge in [0.1, 0.15) is 5.75 Å². The zero-order chi connectivity index (χ0) is 10.0. The van der Waals surface area contributed by atoms with Gasteiger partial charge in [0.05, 0.1) is 0 Å². The summed E-state index contributed by atoms with van der Waals surface area (Å²) in [4.78, 5) is 0. The van der Waals surface area contributed by atoms with Crippen molar-refractivity contribution in [1.29, 1.82) is 0 Å². The van der Waals surface area contributed by atoms with E-state index in [1.54, 1.807) is 12.1 Å². The maximum atomic E-state index is 9.62. The van der Waals surface area contributed by atoms with Crippen LogP contribution in [0.4, 0.5) is 0 Å². The first kappa shape index (κ1) is 10.8. The van der Waals surface area contributed by atoms with Crippen LogP contribution in [0.25, 0.3) is 0 Å². The minimum Gasteiger partial charge on any atom is -0.508 e. The van der Waals surface area contributed by atoms with Gasteiger partial charge in [-0.1, -0.05) is 37.9 Å². The Morgan fingerprint density at radius 3 is 2.69 bits per heavy atom. The molecule has 0 aliphatic carbocycles. The van der Waals surface area contributed by atoms with Crippen LogP contribution in [0.3, 0.4) is 0 Å². The fourth-order valence-electron chi connectivity index (χ4n) is 1.10. The predicted molar refractivity (Wildman–Crippen MR) is 62.1 cm³/mol. The van der Waals surface area contributed by atoms with Gasteiger partial charge >= 0.3 is 0 Å². The van der Waals surface area contributed by atoms with Crippen molar-refractivity contribution < 1.29 is 5.11 Å². The maximum absolute atomic E-state index is 9.62. The third kappa shape index (κ3) is 2.15. The van der Waals surface area contributed by atoms with Crippen LogP contribution in [-0.2, 0) is 6.42 Å². The van der Waals surface area contributed by atoms with Crippen LogP contribution in [0.15, 0.2) is 27.7 Å². The number of phenolic OH excluding ortho intramolecular Hbond substituents is 1. The summed E-state index contributed by atoms with van der Waals surface area (Å²) >= 11 is 6.81. The Labute approximate surface area is 94.7 Å². The lowest BCUT2D eigenvalue weighted by atomic mass is 10.1. The van der Waals surface area contributed by atoms with E-state index in [4.69, 9.17) is 0 Å². The number of halogens is 2. The van der Waals surface area contributed by atoms with Crippen molar-refractivity contribution in [2.45, 2.75) is 13.3 Å². The van der Waals surface area contributed by atoms with E-state index in [9.17, 15) is 5.11 Å². The van der Waals surface area contributed by atoms with Crippen LogP contribution in [-0.4, -0.2) is 5.11 Å². The topological polar surface area (TPSA) is 20.2 Å². The molecular formula is C10H10Br2O. The lowest BCUT2D eigenvalue weighted by Crippen LogP contribution is -1.89. The average Bonchev–Trinajstić information content (AvgIpc) is 2.09. The third-order valence-corrected chi connectivity index (χ3v) is 3.77. The first-order chi connectivity index (χ1) is 6.07. The molecule has 70 valence electrons. The minimum atomic E-state index is 0.296. The normalized spacial score (nSPS) is 10.1. The minimum absolute atomic E-state index is 0.296. The number of benzene rings is 1. The molecule has 0 heterocycles. The lowest BCUT2D eigenvalue weighted by molar-refractivity contribution is 0.468. The molecule has 0 amide bonds. The number of hydrogen-bond donors (Lipinski definition) is 1. The van der Waals surface area contributed by atoms with Gasteiger partial charge in [0, 0.05) is 14.5 Å². The maximum Gasteiger partial charge on any atom is 0.121 e. The molecule has 0 saturated heterocycles. The van der Waals surface area contributed by atoms with Crippen LogP contribution in [0.1, 0.15) is 11.1 Å². The molecule has 0 aliphatic rings. The van der Waals surface area contributed by atoms with E-state index < -0.39 is 0 Å². The molecule has 1 N–H and O–H groups in total. The van der Waals surface area contributed by atoms with Crippen molar-refractivity contribution in [2.75, 3.05) is 0 Å². The molecule has 13 heavy (non-hydrogen) atoms. The van der Waals surface area contributed by atoms with Gasteiger partial charge in [-0.05, 0) is 25.0 Å². The molecule has 3 heteroatoms. The summed E-state index contributed by atoms with van der Waals surface area (Å²) in [5.41, 5.74) is 1.98. The highest BCUT2D eigenvalue weighted by Gasteiger charge is 2.10. The molecule has 0 spiro atoms. The summed E-state index contributed by atoms with van der Waals surface area (Å²) in [5, 5.41) is 9.62. The number of rotatable bonds is 2.